The average Bonchev–Trinajstić information content (AvgIpc) is 3.17. The third-order valence-corrected chi connectivity index (χ3v) is 5.35. The smallest absolute Gasteiger partial charge is 0.280 e. The summed E-state index contributed by atoms with van der Waals surface area (Å²) in [4.78, 5) is 18.8. The van der Waals surface area contributed by atoms with Crippen LogP contribution in [0.15, 0.2) is 42.6 Å². The standard InChI is InChI=1S/C21H23F2N5O/c1-27(13-14-7-9-24-10-8-14)21(29)16-12-25-28-18(15-5-3-2-4-6-15)11-17(19(22)23)26-20(16)28/h2-6,11-12,14,19,24H,7-10,13H2,1H3. The minimum absolute atomic E-state index is 0.156. The summed E-state index contributed by atoms with van der Waals surface area (Å²) >= 11 is 0. The molecular weight excluding hydrogens is 376 g/mol. The van der Waals surface area contributed by atoms with E-state index in [2.05, 4.69) is 15.4 Å². The Morgan fingerprint density at radius 2 is 2.00 bits per heavy atom. The number of carbonyl (C=O) groups excluding carboxylic acids is 1. The maximum atomic E-state index is 13.5. The van der Waals surface area contributed by atoms with Gasteiger partial charge >= 0.3 is 0 Å². The van der Waals surface area contributed by atoms with Crippen molar-refractivity contribution in [3.8, 4) is 11.3 Å². The Bertz CT molecular complexity index is 999. The monoisotopic (exact) mass is 399 g/mol. The summed E-state index contributed by atoms with van der Waals surface area (Å²) in [6.45, 7) is 2.52. The number of aromatic nitrogens is 3. The molecule has 0 unspecified atom stereocenters. The highest BCUT2D eigenvalue weighted by atomic mass is 19.3. The molecule has 0 saturated carbocycles. The molecule has 1 fully saturated rings. The third kappa shape index (κ3) is 3.98. The number of rotatable bonds is 5. The van der Waals surface area contributed by atoms with Crippen molar-refractivity contribution in [1.29, 1.82) is 0 Å². The Kier molecular flexibility index (Phi) is 5.53. The van der Waals surface area contributed by atoms with Gasteiger partial charge in [0.1, 0.15) is 11.3 Å². The van der Waals surface area contributed by atoms with Gasteiger partial charge in [-0.3, -0.25) is 4.79 Å². The van der Waals surface area contributed by atoms with Crippen molar-refractivity contribution in [3.05, 3.63) is 53.9 Å². The van der Waals surface area contributed by atoms with E-state index in [1.54, 1.807) is 11.9 Å². The molecular formula is C21H23F2N5O. The fraction of sp³-hybridized carbons (Fsp3) is 0.381. The highest BCUT2D eigenvalue weighted by Crippen LogP contribution is 2.27. The number of halogens is 2. The van der Waals surface area contributed by atoms with Gasteiger partial charge in [-0.25, -0.2) is 18.3 Å². The molecule has 152 valence electrons. The van der Waals surface area contributed by atoms with E-state index in [-0.39, 0.29) is 22.8 Å². The first-order chi connectivity index (χ1) is 14.0. The average molecular weight is 399 g/mol. The molecule has 6 nitrogen and oxygen atoms in total. The minimum atomic E-state index is -2.74. The van der Waals surface area contributed by atoms with Crippen LogP contribution in [0.5, 0.6) is 0 Å². The second-order valence-electron chi connectivity index (χ2n) is 7.41. The number of fused-ring (bicyclic) bond motifs is 1. The van der Waals surface area contributed by atoms with E-state index in [0.29, 0.717) is 18.2 Å². The number of nitrogens with one attached hydrogen (secondary N) is 1. The van der Waals surface area contributed by atoms with E-state index in [4.69, 9.17) is 0 Å². The van der Waals surface area contributed by atoms with E-state index in [0.717, 1.165) is 31.5 Å². The van der Waals surface area contributed by atoms with Crippen molar-refractivity contribution in [2.75, 3.05) is 26.7 Å². The fourth-order valence-electron chi connectivity index (χ4n) is 3.80. The topological polar surface area (TPSA) is 62.5 Å². The molecule has 0 radical (unpaired) electrons. The third-order valence-electron chi connectivity index (χ3n) is 5.35. The van der Waals surface area contributed by atoms with Gasteiger partial charge in [-0.15, -0.1) is 0 Å². The molecule has 0 bridgehead atoms. The van der Waals surface area contributed by atoms with Gasteiger partial charge in [0.15, 0.2) is 5.65 Å². The molecule has 2 aromatic heterocycles. The molecule has 0 spiro atoms. The molecule has 0 aliphatic carbocycles. The van der Waals surface area contributed by atoms with E-state index in [1.807, 2.05) is 30.3 Å². The lowest BCUT2D eigenvalue weighted by molar-refractivity contribution is 0.0764. The summed E-state index contributed by atoms with van der Waals surface area (Å²) in [5, 5.41) is 7.61. The van der Waals surface area contributed by atoms with Gasteiger partial charge < -0.3 is 10.2 Å². The summed E-state index contributed by atoms with van der Waals surface area (Å²) in [6.07, 6.45) is 0.704. The van der Waals surface area contributed by atoms with Crippen molar-refractivity contribution in [3.63, 3.8) is 0 Å². The van der Waals surface area contributed by atoms with Crippen molar-refractivity contribution < 1.29 is 13.6 Å². The number of benzene rings is 1. The first-order valence-electron chi connectivity index (χ1n) is 9.73. The van der Waals surface area contributed by atoms with Crippen molar-refractivity contribution in [1.82, 2.24) is 24.8 Å². The number of amides is 1. The molecule has 1 amide bonds. The van der Waals surface area contributed by atoms with Crippen LogP contribution in [0.2, 0.25) is 0 Å². The van der Waals surface area contributed by atoms with Crippen LogP contribution in [0.4, 0.5) is 8.78 Å². The predicted octanol–water partition coefficient (Wildman–Crippen LogP) is 3.41. The number of nitrogens with zero attached hydrogens (tertiary/aromatic N) is 4. The number of alkyl halides is 2. The fourth-order valence-corrected chi connectivity index (χ4v) is 3.80. The molecule has 1 aliphatic heterocycles. The number of hydrogen-bond donors (Lipinski definition) is 1. The van der Waals surface area contributed by atoms with Gasteiger partial charge in [-0.2, -0.15) is 5.10 Å². The Balaban J connectivity index is 1.71. The Morgan fingerprint density at radius 3 is 2.69 bits per heavy atom. The van der Waals surface area contributed by atoms with E-state index in [1.165, 1.54) is 16.8 Å². The normalized spacial score (nSPS) is 15.2. The van der Waals surface area contributed by atoms with Crippen LogP contribution < -0.4 is 5.32 Å². The predicted molar refractivity (Wildman–Crippen MR) is 106 cm³/mol. The lowest BCUT2D eigenvalue weighted by Gasteiger charge is -2.27. The Morgan fingerprint density at radius 1 is 1.28 bits per heavy atom. The van der Waals surface area contributed by atoms with Crippen LogP contribution in [0.3, 0.4) is 0 Å². The maximum absolute atomic E-state index is 13.5. The van der Waals surface area contributed by atoms with E-state index in [9.17, 15) is 13.6 Å². The van der Waals surface area contributed by atoms with Gasteiger partial charge in [0.25, 0.3) is 12.3 Å². The molecule has 3 aromatic rings. The molecule has 1 aromatic carbocycles. The molecule has 1 saturated heterocycles. The lowest BCUT2D eigenvalue weighted by atomic mass is 9.97. The van der Waals surface area contributed by atoms with Gasteiger partial charge in [0.2, 0.25) is 0 Å². The first kappa shape index (κ1) is 19.4. The van der Waals surface area contributed by atoms with Crippen molar-refractivity contribution in [2.45, 2.75) is 19.3 Å². The minimum Gasteiger partial charge on any atom is -0.341 e. The quantitative estimate of drug-likeness (QED) is 0.714. The zero-order chi connectivity index (χ0) is 20.4. The second-order valence-corrected chi connectivity index (χ2v) is 7.41. The summed E-state index contributed by atoms with van der Waals surface area (Å²) in [6, 6.07) is 10.5. The van der Waals surface area contributed by atoms with Crippen LogP contribution in [-0.4, -0.2) is 52.1 Å². The molecule has 1 aliphatic rings. The lowest BCUT2D eigenvalue weighted by Crippen LogP contribution is -2.37. The van der Waals surface area contributed by atoms with Gasteiger partial charge in [-0.05, 0) is 37.9 Å². The largest absolute Gasteiger partial charge is 0.341 e. The van der Waals surface area contributed by atoms with E-state index < -0.39 is 6.43 Å². The molecule has 8 heteroatoms. The van der Waals surface area contributed by atoms with Crippen molar-refractivity contribution in [2.24, 2.45) is 5.92 Å². The second kappa shape index (κ2) is 8.24. The van der Waals surface area contributed by atoms with Crippen LogP contribution in [-0.2, 0) is 0 Å². The number of carbonyl (C=O) groups is 1. The summed E-state index contributed by atoms with van der Waals surface area (Å²) < 4.78 is 28.5. The SMILES string of the molecule is CN(CC1CCNCC1)C(=O)c1cnn2c(-c3ccccc3)cc(C(F)F)nc12. The molecule has 3 heterocycles. The Hall–Kier alpha value is -2.87. The summed E-state index contributed by atoms with van der Waals surface area (Å²) in [7, 11) is 1.74. The van der Waals surface area contributed by atoms with Crippen LogP contribution >= 0.6 is 0 Å². The number of hydrogen-bond acceptors (Lipinski definition) is 4. The van der Waals surface area contributed by atoms with Gasteiger partial charge in [0.05, 0.1) is 11.9 Å². The molecule has 0 atom stereocenters. The molecule has 29 heavy (non-hydrogen) atoms. The first-order valence-corrected chi connectivity index (χ1v) is 9.73. The van der Waals surface area contributed by atoms with E-state index >= 15 is 0 Å². The van der Waals surface area contributed by atoms with Gasteiger partial charge in [0, 0.05) is 19.2 Å². The highest BCUT2D eigenvalue weighted by Gasteiger charge is 2.24. The van der Waals surface area contributed by atoms with Crippen LogP contribution in [0.1, 0.15) is 35.3 Å². The molecule has 4 rings (SSSR count). The van der Waals surface area contributed by atoms with Crippen LogP contribution in [0.25, 0.3) is 16.9 Å². The highest BCUT2D eigenvalue weighted by molar-refractivity contribution is 5.99. The summed E-state index contributed by atoms with van der Waals surface area (Å²) in [5.41, 5.74) is 1.23. The summed E-state index contributed by atoms with van der Waals surface area (Å²) in [5.74, 6) is 0.174. The Labute approximate surface area is 167 Å². The maximum Gasteiger partial charge on any atom is 0.280 e. The molecule has 1 N–H and O–H groups in total. The zero-order valence-corrected chi connectivity index (χ0v) is 16.2. The van der Waals surface area contributed by atoms with Crippen LogP contribution in [0, 0.1) is 5.92 Å². The van der Waals surface area contributed by atoms with Gasteiger partial charge in [-0.1, -0.05) is 30.3 Å². The van der Waals surface area contributed by atoms with Crippen molar-refractivity contribution >= 4 is 11.6 Å². The number of piperidine rings is 1. The zero-order valence-electron chi connectivity index (χ0n) is 16.2.